The van der Waals surface area contributed by atoms with Crippen molar-refractivity contribution in [1.82, 2.24) is 0 Å². The minimum absolute atomic E-state index is 0.665. The quantitative estimate of drug-likeness (QED) is 0.522. The van der Waals surface area contributed by atoms with Crippen LogP contribution in [0.2, 0.25) is 0 Å². The highest BCUT2D eigenvalue weighted by molar-refractivity contribution is 14.1. The van der Waals surface area contributed by atoms with Gasteiger partial charge in [0.2, 0.25) is 0 Å². The molecule has 0 amide bonds. The van der Waals surface area contributed by atoms with Gasteiger partial charge in [0.25, 0.3) is 0 Å². The molecule has 0 aliphatic rings. The second-order valence-corrected chi connectivity index (χ2v) is 5.53. The van der Waals surface area contributed by atoms with Gasteiger partial charge in [0.1, 0.15) is 0 Å². The zero-order valence-corrected chi connectivity index (χ0v) is 13.6. The number of nitrogens with one attached hydrogen (secondary N) is 1. The molecule has 0 unspecified atom stereocenters. The molecule has 0 spiro atoms. The van der Waals surface area contributed by atoms with Crippen LogP contribution < -0.4 is 5.32 Å². The van der Waals surface area contributed by atoms with Crippen molar-refractivity contribution in [3.63, 3.8) is 0 Å². The number of rotatable bonds is 8. The Bertz CT molecular complexity index is 336. The van der Waals surface area contributed by atoms with Crippen molar-refractivity contribution in [2.45, 2.75) is 6.42 Å². The molecule has 0 radical (unpaired) electrons. The van der Waals surface area contributed by atoms with Gasteiger partial charge in [-0.15, -0.1) is 0 Å². The van der Waals surface area contributed by atoms with E-state index in [0.717, 1.165) is 29.7 Å². The summed E-state index contributed by atoms with van der Waals surface area (Å²) in [5.41, 5.74) is 1.15. The number of hydrogen-bond donors (Lipinski definition) is 1. The lowest BCUT2D eigenvalue weighted by atomic mass is 10.3. The first kappa shape index (κ1) is 15.2. The van der Waals surface area contributed by atoms with Crippen molar-refractivity contribution in [1.29, 1.82) is 0 Å². The Morgan fingerprint density at radius 2 is 2.12 bits per heavy atom. The highest BCUT2D eigenvalue weighted by atomic mass is 127. The second-order valence-electron chi connectivity index (χ2n) is 3.51. The van der Waals surface area contributed by atoms with E-state index in [2.05, 4.69) is 62.0 Å². The molecule has 17 heavy (non-hydrogen) atoms. The molecular formula is C12H17BrINO2. The molecule has 0 fully saturated rings. The van der Waals surface area contributed by atoms with E-state index in [-0.39, 0.29) is 0 Å². The monoisotopic (exact) mass is 413 g/mol. The summed E-state index contributed by atoms with van der Waals surface area (Å²) in [6.45, 7) is 3.03. The molecule has 96 valence electrons. The van der Waals surface area contributed by atoms with Crippen molar-refractivity contribution in [2.24, 2.45) is 0 Å². The normalized spacial score (nSPS) is 10.5. The Labute approximate surface area is 125 Å². The van der Waals surface area contributed by atoms with Crippen LogP contribution in [0.25, 0.3) is 0 Å². The first-order chi connectivity index (χ1) is 8.24. The maximum absolute atomic E-state index is 5.38. The van der Waals surface area contributed by atoms with Crippen molar-refractivity contribution >= 4 is 44.2 Å². The van der Waals surface area contributed by atoms with E-state index in [1.54, 1.807) is 7.11 Å². The number of hydrogen-bond acceptors (Lipinski definition) is 3. The van der Waals surface area contributed by atoms with E-state index >= 15 is 0 Å². The van der Waals surface area contributed by atoms with Gasteiger partial charge < -0.3 is 14.8 Å². The van der Waals surface area contributed by atoms with Crippen LogP contribution in [0.1, 0.15) is 6.42 Å². The lowest BCUT2D eigenvalue weighted by molar-refractivity contribution is 0.0705. The fourth-order valence-corrected chi connectivity index (χ4v) is 2.02. The first-order valence-corrected chi connectivity index (χ1v) is 7.37. The number of ether oxygens (including phenoxy) is 2. The van der Waals surface area contributed by atoms with Crippen LogP contribution in [-0.4, -0.2) is 33.5 Å². The van der Waals surface area contributed by atoms with Gasteiger partial charge in [0.05, 0.1) is 13.2 Å². The molecule has 1 N–H and O–H groups in total. The third kappa shape index (κ3) is 6.59. The minimum atomic E-state index is 0.665. The van der Waals surface area contributed by atoms with Crippen molar-refractivity contribution < 1.29 is 9.47 Å². The lowest BCUT2D eigenvalue weighted by Gasteiger charge is -2.08. The van der Waals surface area contributed by atoms with Crippen molar-refractivity contribution in [3.8, 4) is 0 Å². The van der Waals surface area contributed by atoms with Crippen LogP contribution in [0.5, 0.6) is 0 Å². The van der Waals surface area contributed by atoms with Crippen LogP contribution in [0, 0.1) is 3.57 Å². The summed E-state index contributed by atoms with van der Waals surface area (Å²) in [5.74, 6) is 0. The largest absolute Gasteiger partial charge is 0.385 e. The van der Waals surface area contributed by atoms with Crippen LogP contribution in [-0.2, 0) is 9.47 Å². The van der Waals surface area contributed by atoms with Gasteiger partial charge in [-0.2, -0.15) is 0 Å². The van der Waals surface area contributed by atoms with Crippen LogP contribution >= 0.6 is 38.5 Å². The second kappa shape index (κ2) is 9.13. The Balaban J connectivity index is 2.11. The highest BCUT2D eigenvalue weighted by Gasteiger charge is 1.97. The Morgan fingerprint density at radius 3 is 2.82 bits per heavy atom. The molecule has 1 aromatic carbocycles. The fraction of sp³-hybridized carbons (Fsp3) is 0.500. The maximum atomic E-state index is 5.38. The standard InChI is InChI=1S/C12H17BrINO2/c1-16-7-8-17-6-2-5-15-10-3-4-11(13)12(14)9-10/h3-4,9,15H,2,5-8H2,1H3. The van der Waals surface area contributed by atoms with E-state index in [1.807, 2.05) is 0 Å². The smallest absolute Gasteiger partial charge is 0.0700 e. The Kier molecular flexibility index (Phi) is 8.17. The SMILES string of the molecule is COCCOCCCNc1ccc(Br)c(I)c1. The number of halogens is 2. The first-order valence-electron chi connectivity index (χ1n) is 5.49. The van der Waals surface area contributed by atoms with Gasteiger partial charge >= 0.3 is 0 Å². The van der Waals surface area contributed by atoms with Crippen LogP contribution in [0.3, 0.4) is 0 Å². The third-order valence-corrected chi connectivity index (χ3v) is 4.47. The summed E-state index contributed by atoms with van der Waals surface area (Å²) in [7, 11) is 1.68. The minimum Gasteiger partial charge on any atom is -0.385 e. The summed E-state index contributed by atoms with van der Waals surface area (Å²) >= 11 is 5.79. The number of methoxy groups -OCH3 is 1. The molecule has 0 aliphatic carbocycles. The average Bonchev–Trinajstić information content (AvgIpc) is 2.32. The fourth-order valence-electron chi connectivity index (χ4n) is 1.26. The maximum Gasteiger partial charge on any atom is 0.0700 e. The van der Waals surface area contributed by atoms with Gasteiger partial charge in [-0.25, -0.2) is 0 Å². The molecule has 0 saturated carbocycles. The predicted molar refractivity (Wildman–Crippen MR) is 82.7 cm³/mol. The van der Waals surface area contributed by atoms with Gasteiger partial charge in [0, 0.05) is 34.0 Å². The van der Waals surface area contributed by atoms with Crippen LogP contribution in [0.4, 0.5) is 5.69 Å². The van der Waals surface area contributed by atoms with Gasteiger partial charge in [-0.05, 0) is 63.1 Å². The average molecular weight is 414 g/mol. The van der Waals surface area contributed by atoms with Crippen molar-refractivity contribution in [3.05, 3.63) is 26.2 Å². The zero-order valence-electron chi connectivity index (χ0n) is 9.84. The zero-order chi connectivity index (χ0) is 12.5. The molecule has 1 aromatic rings. The molecule has 1 rings (SSSR count). The summed E-state index contributed by atoms with van der Waals surface area (Å²) in [5, 5.41) is 3.37. The molecule has 0 aromatic heterocycles. The van der Waals surface area contributed by atoms with Crippen LogP contribution in [0.15, 0.2) is 22.7 Å². The molecule has 0 bridgehead atoms. The lowest BCUT2D eigenvalue weighted by Crippen LogP contribution is -2.08. The van der Waals surface area contributed by atoms with E-state index in [1.165, 1.54) is 3.57 Å². The van der Waals surface area contributed by atoms with Crippen molar-refractivity contribution in [2.75, 3.05) is 38.8 Å². The molecule has 3 nitrogen and oxygen atoms in total. The van der Waals surface area contributed by atoms with E-state index in [4.69, 9.17) is 9.47 Å². The van der Waals surface area contributed by atoms with E-state index in [9.17, 15) is 0 Å². The molecule has 0 saturated heterocycles. The Morgan fingerprint density at radius 1 is 1.29 bits per heavy atom. The molecule has 0 heterocycles. The summed E-state index contributed by atoms with van der Waals surface area (Å²) in [4.78, 5) is 0. The van der Waals surface area contributed by atoms with E-state index in [0.29, 0.717) is 13.2 Å². The molecular weight excluding hydrogens is 397 g/mol. The molecule has 5 heteroatoms. The topological polar surface area (TPSA) is 30.5 Å². The number of anilines is 1. The summed E-state index contributed by atoms with van der Waals surface area (Å²) < 4.78 is 12.6. The van der Waals surface area contributed by atoms with E-state index < -0.39 is 0 Å². The Hall–Kier alpha value is 0.150. The van der Waals surface area contributed by atoms with Gasteiger partial charge in [0.15, 0.2) is 0 Å². The molecule has 0 aliphatic heterocycles. The third-order valence-electron chi connectivity index (χ3n) is 2.15. The molecule has 0 atom stereocenters. The van der Waals surface area contributed by atoms with Gasteiger partial charge in [-0.1, -0.05) is 0 Å². The predicted octanol–water partition coefficient (Wildman–Crippen LogP) is 3.52. The highest BCUT2D eigenvalue weighted by Crippen LogP contribution is 2.22. The number of benzene rings is 1. The summed E-state index contributed by atoms with van der Waals surface area (Å²) in [6.07, 6.45) is 0.996. The summed E-state index contributed by atoms with van der Waals surface area (Å²) in [6, 6.07) is 6.24. The van der Waals surface area contributed by atoms with Gasteiger partial charge in [-0.3, -0.25) is 0 Å².